The van der Waals surface area contributed by atoms with E-state index in [0.717, 1.165) is 43.3 Å². The van der Waals surface area contributed by atoms with Gasteiger partial charge in [-0.2, -0.15) is 0 Å². The zero-order valence-electron chi connectivity index (χ0n) is 13.2. The van der Waals surface area contributed by atoms with Crippen LogP contribution in [0.3, 0.4) is 0 Å². The Morgan fingerprint density at radius 2 is 2.00 bits per heavy atom. The fourth-order valence-corrected chi connectivity index (χ4v) is 3.57. The summed E-state index contributed by atoms with van der Waals surface area (Å²) in [4.78, 5) is 6.08. The molecule has 0 bridgehead atoms. The van der Waals surface area contributed by atoms with Crippen molar-refractivity contribution in [1.82, 2.24) is 10.3 Å². The highest BCUT2D eigenvalue weighted by atomic mass is 32.1. The summed E-state index contributed by atoms with van der Waals surface area (Å²) in [5.41, 5.74) is 0.992. The summed E-state index contributed by atoms with van der Waals surface area (Å²) in [5, 5.41) is 4.63. The van der Waals surface area contributed by atoms with Crippen LogP contribution in [0.5, 0.6) is 0 Å². The van der Waals surface area contributed by atoms with Gasteiger partial charge in [-0.1, -0.05) is 0 Å². The molecule has 4 nitrogen and oxygen atoms in total. The van der Waals surface area contributed by atoms with Crippen LogP contribution in [-0.2, 0) is 21.6 Å². The average molecular weight is 298 g/mol. The fourth-order valence-electron chi connectivity index (χ4n) is 2.34. The maximum absolute atomic E-state index is 5.83. The third kappa shape index (κ3) is 3.58. The second kappa shape index (κ2) is 6.10. The van der Waals surface area contributed by atoms with Crippen molar-refractivity contribution in [2.45, 2.75) is 58.2 Å². The highest BCUT2D eigenvalue weighted by Gasteiger charge is 2.37. The van der Waals surface area contributed by atoms with Gasteiger partial charge in [0.2, 0.25) is 0 Å². The molecule has 2 rings (SSSR count). The van der Waals surface area contributed by atoms with Crippen molar-refractivity contribution in [1.29, 1.82) is 0 Å². The molecular formula is C15H26N2O2S. The summed E-state index contributed by atoms with van der Waals surface area (Å²) in [7, 11) is 1.79. The van der Waals surface area contributed by atoms with Gasteiger partial charge >= 0.3 is 0 Å². The Morgan fingerprint density at radius 1 is 1.35 bits per heavy atom. The number of aromatic nitrogens is 1. The normalized spacial score (nSPS) is 19.2. The first-order valence-corrected chi connectivity index (χ1v) is 8.03. The van der Waals surface area contributed by atoms with E-state index in [-0.39, 0.29) is 11.1 Å². The van der Waals surface area contributed by atoms with Crippen LogP contribution in [-0.4, -0.2) is 30.8 Å². The van der Waals surface area contributed by atoms with Gasteiger partial charge in [0, 0.05) is 50.1 Å². The third-order valence-corrected chi connectivity index (χ3v) is 5.10. The van der Waals surface area contributed by atoms with Crippen molar-refractivity contribution in [2.24, 2.45) is 0 Å². The maximum atomic E-state index is 5.83. The van der Waals surface area contributed by atoms with E-state index in [0.29, 0.717) is 0 Å². The molecule has 114 valence electrons. The molecule has 0 spiro atoms. The van der Waals surface area contributed by atoms with Crippen LogP contribution in [0.4, 0.5) is 0 Å². The van der Waals surface area contributed by atoms with E-state index in [2.05, 4.69) is 33.0 Å². The summed E-state index contributed by atoms with van der Waals surface area (Å²) in [6.45, 7) is 11.0. The Morgan fingerprint density at radius 3 is 2.55 bits per heavy atom. The number of hydrogen-bond acceptors (Lipinski definition) is 5. The zero-order chi connectivity index (χ0) is 14.8. The van der Waals surface area contributed by atoms with Crippen molar-refractivity contribution < 1.29 is 9.47 Å². The van der Waals surface area contributed by atoms with Crippen LogP contribution in [0.1, 0.15) is 49.2 Å². The molecule has 0 saturated carbocycles. The molecule has 1 saturated heterocycles. The smallest absolute Gasteiger partial charge is 0.125 e. The number of methoxy groups -OCH3 is 1. The summed E-state index contributed by atoms with van der Waals surface area (Å²) < 4.78 is 11.3. The van der Waals surface area contributed by atoms with Crippen molar-refractivity contribution in [2.75, 3.05) is 20.3 Å². The van der Waals surface area contributed by atoms with Crippen molar-refractivity contribution in [3.05, 3.63) is 15.6 Å². The van der Waals surface area contributed by atoms with Crippen LogP contribution in [0.25, 0.3) is 0 Å². The van der Waals surface area contributed by atoms with E-state index in [1.165, 1.54) is 4.88 Å². The molecule has 0 amide bonds. The lowest BCUT2D eigenvalue weighted by Gasteiger charge is -2.33. The predicted molar refractivity (Wildman–Crippen MR) is 82.2 cm³/mol. The van der Waals surface area contributed by atoms with Crippen molar-refractivity contribution in [3.63, 3.8) is 0 Å². The van der Waals surface area contributed by atoms with Crippen LogP contribution >= 0.6 is 11.3 Å². The van der Waals surface area contributed by atoms with Gasteiger partial charge in [0.25, 0.3) is 0 Å². The van der Waals surface area contributed by atoms with Crippen LogP contribution < -0.4 is 5.32 Å². The standard InChI is InChI=1S/C15H26N2O2S/c1-11-12(10-16-14(2,3)4)20-13(17-11)15(18-5)6-8-19-9-7-15/h16H,6-10H2,1-5H3. The second-order valence-electron chi connectivity index (χ2n) is 6.44. The molecule has 0 aromatic carbocycles. The Kier molecular flexibility index (Phi) is 4.84. The number of nitrogens with zero attached hydrogens (tertiary/aromatic N) is 1. The minimum absolute atomic E-state index is 0.119. The lowest BCUT2D eigenvalue weighted by atomic mass is 9.95. The Bertz CT molecular complexity index is 445. The molecule has 1 N–H and O–H groups in total. The summed E-state index contributed by atoms with van der Waals surface area (Å²) >= 11 is 1.78. The Hall–Kier alpha value is -0.490. The van der Waals surface area contributed by atoms with Gasteiger partial charge in [-0.3, -0.25) is 0 Å². The second-order valence-corrected chi connectivity index (χ2v) is 7.53. The monoisotopic (exact) mass is 298 g/mol. The largest absolute Gasteiger partial charge is 0.381 e. The van der Waals surface area contributed by atoms with E-state index < -0.39 is 0 Å². The van der Waals surface area contributed by atoms with E-state index in [4.69, 9.17) is 14.5 Å². The minimum Gasteiger partial charge on any atom is -0.381 e. The van der Waals surface area contributed by atoms with E-state index >= 15 is 0 Å². The topological polar surface area (TPSA) is 43.4 Å². The van der Waals surface area contributed by atoms with Crippen molar-refractivity contribution >= 4 is 11.3 Å². The van der Waals surface area contributed by atoms with E-state index in [9.17, 15) is 0 Å². The van der Waals surface area contributed by atoms with Gasteiger partial charge < -0.3 is 14.8 Å². The number of aryl methyl sites for hydroxylation is 1. The maximum Gasteiger partial charge on any atom is 0.125 e. The average Bonchev–Trinajstić information content (AvgIpc) is 2.78. The van der Waals surface area contributed by atoms with Gasteiger partial charge in [-0.05, 0) is 27.7 Å². The molecule has 1 aromatic heterocycles. The van der Waals surface area contributed by atoms with E-state index in [1.54, 1.807) is 18.4 Å². The SMILES string of the molecule is COC1(c2nc(C)c(CNC(C)(C)C)s2)CCOCC1. The van der Waals surface area contributed by atoms with Gasteiger partial charge in [0.05, 0.1) is 5.69 Å². The van der Waals surface area contributed by atoms with Crippen LogP contribution in [0.15, 0.2) is 0 Å². The summed E-state index contributed by atoms with van der Waals surface area (Å²) in [5.74, 6) is 0. The van der Waals surface area contributed by atoms with Gasteiger partial charge in [-0.25, -0.2) is 4.98 Å². The van der Waals surface area contributed by atoms with E-state index in [1.807, 2.05) is 0 Å². The molecule has 0 atom stereocenters. The first-order valence-electron chi connectivity index (χ1n) is 7.21. The first kappa shape index (κ1) is 15.9. The lowest BCUT2D eigenvalue weighted by Crippen LogP contribution is -2.35. The molecule has 1 aromatic rings. The molecule has 2 heterocycles. The molecule has 0 unspecified atom stereocenters. The molecule has 0 radical (unpaired) electrons. The minimum atomic E-state index is -0.242. The number of hydrogen-bond donors (Lipinski definition) is 1. The lowest BCUT2D eigenvalue weighted by molar-refractivity contribution is -0.0948. The van der Waals surface area contributed by atoms with Crippen molar-refractivity contribution in [3.8, 4) is 0 Å². The molecule has 1 aliphatic heterocycles. The molecule has 0 aliphatic carbocycles. The molecule has 1 fully saturated rings. The first-order chi connectivity index (χ1) is 9.36. The highest BCUT2D eigenvalue weighted by molar-refractivity contribution is 7.11. The zero-order valence-corrected chi connectivity index (χ0v) is 14.0. The predicted octanol–water partition coefficient (Wildman–Crippen LogP) is 2.99. The number of rotatable bonds is 4. The van der Waals surface area contributed by atoms with Gasteiger partial charge in [0.15, 0.2) is 0 Å². The number of thiazole rings is 1. The molecule has 1 aliphatic rings. The quantitative estimate of drug-likeness (QED) is 0.928. The van der Waals surface area contributed by atoms with Crippen LogP contribution in [0.2, 0.25) is 0 Å². The fraction of sp³-hybridized carbons (Fsp3) is 0.800. The van der Waals surface area contributed by atoms with Crippen LogP contribution in [0, 0.1) is 6.92 Å². The molecular weight excluding hydrogens is 272 g/mol. The summed E-state index contributed by atoms with van der Waals surface area (Å²) in [6.07, 6.45) is 1.78. The Labute approximate surface area is 125 Å². The van der Waals surface area contributed by atoms with Gasteiger partial charge in [-0.15, -0.1) is 11.3 Å². The number of ether oxygens (including phenoxy) is 2. The Balaban J connectivity index is 2.17. The highest BCUT2D eigenvalue weighted by Crippen LogP contribution is 2.38. The molecule has 20 heavy (non-hydrogen) atoms. The summed E-state index contributed by atoms with van der Waals surface area (Å²) in [6, 6.07) is 0. The number of nitrogens with one attached hydrogen (secondary N) is 1. The van der Waals surface area contributed by atoms with Gasteiger partial charge in [0.1, 0.15) is 10.6 Å². The third-order valence-electron chi connectivity index (χ3n) is 3.75. The molecule has 5 heteroatoms.